The molecule has 2 unspecified atom stereocenters. The molecular weight excluding hydrogens is 266 g/mol. The Morgan fingerprint density at radius 1 is 1.20 bits per heavy atom. The van der Waals surface area contributed by atoms with Gasteiger partial charge in [0.1, 0.15) is 0 Å². The quantitative estimate of drug-likeness (QED) is 0.833. The molecule has 0 aliphatic rings. The van der Waals surface area contributed by atoms with Gasteiger partial charge in [0.05, 0.1) is 12.7 Å². The first-order chi connectivity index (χ1) is 9.70. The van der Waals surface area contributed by atoms with Gasteiger partial charge >= 0.3 is 0 Å². The van der Waals surface area contributed by atoms with Gasteiger partial charge in [-0.25, -0.2) is 0 Å². The van der Waals surface area contributed by atoms with Gasteiger partial charge in [0.25, 0.3) is 0 Å². The fourth-order valence-corrected chi connectivity index (χ4v) is 2.87. The zero-order chi connectivity index (χ0) is 14.4. The van der Waals surface area contributed by atoms with E-state index in [2.05, 4.69) is 55.6 Å². The van der Waals surface area contributed by atoms with E-state index in [1.54, 1.807) is 11.3 Å². The van der Waals surface area contributed by atoms with Crippen molar-refractivity contribution >= 4 is 11.3 Å². The van der Waals surface area contributed by atoms with Gasteiger partial charge < -0.3 is 10.5 Å². The molecule has 1 aromatic carbocycles. The minimum atomic E-state index is -0.0134. The summed E-state index contributed by atoms with van der Waals surface area (Å²) in [7, 11) is 0. The van der Waals surface area contributed by atoms with Crippen molar-refractivity contribution in [2.75, 3.05) is 6.61 Å². The molecule has 1 aromatic heterocycles. The summed E-state index contributed by atoms with van der Waals surface area (Å²) < 4.78 is 6.08. The van der Waals surface area contributed by atoms with Crippen LogP contribution in [0.15, 0.2) is 41.8 Å². The van der Waals surface area contributed by atoms with E-state index >= 15 is 0 Å². The van der Waals surface area contributed by atoms with Crippen molar-refractivity contribution in [3.63, 3.8) is 0 Å². The number of thiophene rings is 1. The maximum Gasteiger partial charge on any atom is 0.0975 e. The summed E-state index contributed by atoms with van der Waals surface area (Å²) >= 11 is 1.78. The van der Waals surface area contributed by atoms with Gasteiger partial charge in [-0.3, -0.25) is 0 Å². The minimum Gasteiger partial charge on any atom is -0.372 e. The molecule has 2 rings (SSSR count). The van der Waals surface area contributed by atoms with E-state index in [0.29, 0.717) is 6.61 Å². The Morgan fingerprint density at radius 2 is 1.95 bits per heavy atom. The molecule has 0 bridgehead atoms. The topological polar surface area (TPSA) is 35.2 Å². The summed E-state index contributed by atoms with van der Waals surface area (Å²) in [5, 5.41) is 2.10. The van der Waals surface area contributed by atoms with Crippen LogP contribution in [0.5, 0.6) is 0 Å². The van der Waals surface area contributed by atoms with Gasteiger partial charge in [-0.05, 0) is 30.4 Å². The highest BCUT2D eigenvalue weighted by atomic mass is 32.1. The van der Waals surface area contributed by atoms with Gasteiger partial charge in [0.15, 0.2) is 0 Å². The molecule has 20 heavy (non-hydrogen) atoms. The van der Waals surface area contributed by atoms with Crippen LogP contribution < -0.4 is 5.73 Å². The predicted octanol–water partition coefficient (Wildman–Crippen LogP) is 4.09. The Hall–Kier alpha value is -1.16. The molecule has 0 saturated heterocycles. The third kappa shape index (κ3) is 4.17. The van der Waals surface area contributed by atoms with E-state index < -0.39 is 0 Å². The van der Waals surface area contributed by atoms with Crippen molar-refractivity contribution < 1.29 is 4.74 Å². The molecule has 2 aromatic rings. The Kier molecular flexibility index (Phi) is 5.77. The van der Waals surface area contributed by atoms with Gasteiger partial charge in [0.2, 0.25) is 0 Å². The van der Waals surface area contributed by atoms with Gasteiger partial charge in [-0.1, -0.05) is 42.8 Å². The number of nitrogens with two attached hydrogens (primary N) is 1. The van der Waals surface area contributed by atoms with Gasteiger partial charge in [0, 0.05) is 17.3 Å². The molecule has 0 fully saturated rings. The maximum atomic E-state index is 6.22. The number of ether oxygens (including phenoxy) is 1. The van der Waals surface area contributed by atoms with Gasteiger partial charge in [-0.2, -0.15) is 0 Å². The largest absolute Gasteiger partial charge is 0.372 e. The van der Waals surface area contributed by atoms with Crippen LogP contribution in [-0.4, -0.2) is 12.6 Å². The lowest BCUT2D eigenvalue weighted by molar-refractivity contribution is 0.0357. The highest BCUT2D eigenvalue weighted by Gasteiger charge is 2.19. The molecule has 1 heterocycles. The van der Waals surface area contributed by atoms with Crippen molar-refractivity contribution in [2.45, 2.75) is 38.8 Å². The SMILES string of the molecule is CCC(N)C(OCCc1cccs1)c1ccc(C)cc1. The van der Waals surface area contributed by atoms with Crippen molar-refractivity contribution in [1.29, 1.82) is 0 Å². The molecule has 0 radical (unpaired) electrons. The Labute approximate surface area is 125 Å². The molecule has 2 atom stereocenters. The normalized spacial score (nSPS) is 14.2. The number of hydrogen-bond donors (Lipinski definition) is 1. The van der Waals surface area contributed by atoms with E-state index in [4.69, 9.17) is 10.5 Å². The van der Waals surface area contributed by atoms with Crippen molar-refractivity contribution in [2.24, 2.45) is 5.73 Å². The summed E-state index contributed by atoms with van der Waals surface area (Å²) in [6.45, 7) is 4.91. The Bertz CT molecular complexity index is 492. The zero-order valence-electron chi connectivity index (χ0n) is 12.2. The fourth-order valence-electron chi connectivity index (χ4n) is 2.18. The van der Waals surface area contributed by atoms with Crippen LogP contribution in [0, 0.1) is 6.92 Å². The van der Waals surface area contributed by atoms with Crippen molar-refractivity contribution in [3.8, 4) is 0 Å². The van der Waals surface area contributed by atoms with Crippen LogP contribution in [0.4, 0.5) is 0 Å². The third-order valence-electron chi connectivity index (χ3n) is 3.49. The lowest BCUT2D eigenvalue weighted by Gasteiger charge is -2.24. The molecule has 0 aliphatic carbocycles. The van der Waals surface area contributed by atoms with E-state index in [1.165, 1.54) is 16.0 Å². The van der Waals surface area contributed by atoms with Crippen LogP contribution in [0.25, 0.3) is 0 Å². The van der Waals surface area contributed by atoms with Crippen LogP contribution in [0.1, 0.15) is 35.5 Å². The molecule has 0 spiro atoms. The summed E-state index contributed by atoms with van der Waals surface area (Å²) in [6, 6.07) is 12.8. The zero-order valence-corrected chi connectivity index (χ0v) is 13.0. The molecule has 0 saturated carbocycles. The molecule has 2 nitrogen and oxygen atoms in total. The average molecular weight is 289 g/mol. The fraction of sp³-hybridized carbons (Fsp3) is 0.412. The highest BCUT2D eigenvalue weighted by molar-refractivity contribution is 7.09. The molecule has 0 aliphatic heterocycles. The summed E-state index contributed by atoms with van der Waals surface area (Å²) in [5.41, 5.74) is 8.66. The predicted molar refractivity (Wildman–Crippen MR) is 86.2 cm³/mol. The summed E-state index contributed by atoms with van der Waals surface area (Å²) in [4.78, 5) is 1.36. The average Bonchev–Trinajstić information content (AvgIpc) is 2.97. The maximum absolute atomic E-state index is 6.22. The smallest absolute Gasteiger partial charge is 0.0975 e. The number of rotatable bonds is 7. The molecule has 108 valence electrons. The second-order valence-corrected chi connectivity index (χ2v) is 6.14. The van der Waals surface area contributed by atoms with E-state index in [9.17, 15) is 0 Å². The minimum absolute atomic E-state index is 0.0134. The Balaban J connectivity index is 1.98. The van der Waals surface area contributed by atoms with E-state index in [-0.39, 0.29) is 12.1 Å². The van der Waals surface area contributed by atoms with E-state index in [0.717, 1.165) is 12.8 Å². The second-order valence-electron chi connectivity index (χ2n) is 5.10. The van der Waals surface area contributed by atoms with Crippen LogP contribution >= 0.6 is 11.3 Å². The first-order valence-electron chi connectivity index (χ1n) is 7.17. The monoisotopic (exact) mass is 289 g/mol. The van der Waals surface area contributed by atoms with Crippen LogP contribution in [-0.2, 0) is 11.2 Å². The van der Waals surface area contributed by atoms with Crippen LogP contribution in [0.3, 0.4) is 0 Å². The number of benzene rings is 1. The standard InChI is InChI=1S/C17H23NOS/c1-3-16(18)17(14-8-6-13(2)7-9-14)19-11-10-15-5-4-12-20-15/h4-9,12,16-17H,3,10-11,18H2,1-2H3. The third-order valence-corrected chi connectivity index (χ3v) is 4.43. The second kappa shape index (κ2) is 7.58. The molecule has 0 amide bonds. The molecular formula is C17H23NOS. The van der Waals surface area contributed by atoms with Crippen LogP contribution in [0.2, 0.25) is 0 Å². The Morgan fingerprint density at radius 3 is 2.55 bits per heavy atom. The first kappa shape index (κ1) is 15.2. The molecule has 2 N–H and O–H groups in total. The lowest BCUT2D eigenvalue weighted by Crippen LogP contribution is -2.30. The number of aryl methyl sites for hydroxylation is 1. The van der Waals surface area contributed by atoms with Crippen molar-refractivity contribution in [3.05, 3.63) is 57.8 Å². The summed E-state index contributed by atoms with van der Waals surface area (Å²) in [6.07, 6.45) is 1.86. The summed E-state index contributed by atoms with van der Waals surface area (Å²) in [5.74, 6) is 0. The highest BCUT2D eigenvalue weighted by Crippen LogP contribution is 2.23. The number of hydrogen-bond acceptors (Lipinski definition) is 3. The lowest BCUT2D eigenvalue weighted by atomic mass is 10.00. The van der Waals surface area contributed by atoms with Gasteiger partial charge in [-0.15, -0.1) is 11.3 Å². The van der Waals surface area contributed by atoms with E-state index in [1.807, 2.05) is 0 Å². The molecule has 3 heteroatoms. The van der Waals surface area contributed by atoms with Crippen molar-refractivity contribution in [1.82, 2.24) is 0 Å². The first-order valence-corrected chi connectivity index (χ1v) is 8.04.